The molecule has 3 N–H and O–H groups in total. The maximum absolute atomic E-state index is 11.8. The fourth-order valence-electron chi connectivity index (χ4n) is 3.03. The van der Waals surface area contributed by atoms with Gasteiger partial charge in [0.05, 0.1) is 5.56 Å². The van der Waals surface area contributed by atoms with Crippen molar-refractivity contribution < 1.29 is 19.4 Å². The predicted octanol–water partition coefficient (Wildman–Crippen LogP) is 4.64. The molecule has 6 nitrogen and oxygen atoms in total. The molecule has 0 bridgehead atoms. The first kappa shape index (κ1) is 20.6. The Morgan fingerprint density at radius 3 is 2.46 bits per heavy atom. The van der Waals surface area contributed by atoms with E-state index >= 15 is 0 Å². The molecule has 1 saturated carbocycles. The molecule has 0 atom stereocenters. The number of aromatic carboxylic acids is 1. The van der Waals surface area contributed by atoms with Gasteiger partial charge >= 0.3 is 12.1 Å². The highest BCUT2D eigenvalue weighted by Crippen LogP contribution is 2.28. The second kappa shape index (κ2) is 8.75. The van der Waals surface area contributed by atoms with E-state index in [2.05, 4.69) is 26.6 Å². The summed E-state index contributed by atoms with van der Waals surface area (Å²) in [6.07, 6.45) is 3.49. The van der Waals surface area contributed by atoms with Crippen LogP contribution in [0.15, 0.2) is 22.7 Å². The number of rotatable bonds is 5. The lowest BCUT2D eigenvalue weighted by molar-refractivity contribution is 0.0487. The normalized spacial score (nSPS) is 20.3. The average molecular weight is 427 g/mol. The number of hydrogen-bond acceptors (Lipinski definition) is 4. The van der Waals surface area contributed by atoms with Crippen LogP contribution < -0.4 is 10.6 Å². The second-order valence-corrected chi connectivity index (χ2v) is 8.60. The fourth-order valence-corrected chi connectivity index (χ4v) is 3.42. The zero-order valence-corrected chi connectivity index (χ0v) is 17.1. The van der Waals surface area contributed by atoms with Crippen molar-refractivity contribution in [1.29, 1.82) is 0 Å². The van der Waals surface area contributed by atoms with Gasteiger partial charge in [-0.3, -0.25) is 0 Å². The Hall–Kier alpha value is -1.76. The summed E-state index contributed by atoms with van der Waals surface area (Å²) in [5, 5.41) is 15.4. The molecule has 1 aromatic carbocycles. The van der Waals surface area contributed by atoms with Crippen LogP contribution in [0.5, 0.6) is 0 Å². The number of amides is 1. The molecule has 144 valence electrons. The molecule has 0 unspecified atom stereocenters. The van der Waals surface area contributed by atoms with E-state index in [1.54, 1.807) is 18.2 Å². The highest BCUT2D eigenvalue weighted by molar-refractivity contribution is 9.10. The topological polar surface area (TPSA) is 87.7 Å². The number of carbonyl (C=O) groups is 2. The summed E-state index contributed by atoms with van der Waals surface area (Å²) in [4.78, 5) is 22.9. The van der Waals surface area contributed by atoms with Gasteiger partial charge in [-0.15, -0.1) is 0 Å². The molecule has 26 heavy (non-hydrogen) atoms. The summed E-state index contributed by atoms with van der Waals surface area (Å²) in [7, 11) is 0. The van der Waals surface area contributed by atoms with Crippen LogP contribution >= 0.6 is 15.9 Å². The molecule has 1 aliphatic carbocycles. The Kier molecular flexibility index (Phi) is 6.92. The van der Waals surface area contributed by atoms with Crippen molar-refractivity contribution >= 4 is 33.7 Å². The van der Waals surface area contributed by atoms with Crippen molar-refractivity contribution in [3.63, 3.8) is 0 Å². The minimum absolute atomic E-state index is 0.156. The minimum atomic E-state index is -0.936. The summed E-state index contributed by atoms with van der Waals surface area (Å²) in [6, 6.07) is 5.11. The van der Waals surface area contributed by atoms with E-state index in [1.165, 1.54) is 0 Å². The van der Waals surface area contributed by atoms with Crippen LogP contribution in [0.4, 0.5) is 10.5 Å². The van der Waals surface area contributed by atoms with Crippen molar-refractivity contribution in [2.24, 2.45) is 5.92 Å². The van der Waals surface area contributed by atoms with Crippen LogP contribution in [-0.2, 0) is 4.74 Å². The van der Waals surface area contributed by atoms with Gasteiger partial charge in [0, 0.05) is 22.7 Å². The minimum Gasteiger partial charge on any atom is -0.478 e. The Morgan fingerprint density at radius 2 is 1.88 bits per heavy atom. The van der Waals surface area contributed by atoms with Crippen LogP contribution in [0.1, 0.15) is 56.8 Å². The molecule has 2 rings (SSSR count). The molecule has 0 aliphatic heterocycles. The Labute approximate surface area is 162 Å². The van der Waals surface area contributed by atoms with Gasteiger partial charge in [-0.05, 0) is 86.5 Å². The van der Waals surface area contributed by atoms with Crippen molar-refractivity contribution in [3.05, 3.63) is 28.2 Å². The van der Waals surface area contributed by atoms with Crippen LogP contribution in [0.3, 0.4) is 0 Å². The van der Waals surface area contributed by atoms with E-state index < -0.39 is 11.6 Å². The predicted molar refractivity (Wildman–Crippen MR) is 105 cm³/mol. The lowest BCUT2D eigenvalue weighted by Gasteiger charge is -2.30. The molecule has 0 heterocycles. The standard InChI is InChI=1S/C19H27BrN2O4/c1-19(2,3)26-18(25)22-14-7-4-12(5-8-14)11-21-16-10-13(17(23)24)6-9-15(16)20/h6,9-10,12,14,21H,4-5,7-8,11H2,1-3H3,(H,22,25)(H,23,24)/t12-,14-. The Bertz CT molecular complexity index is 649. The highest BCUT2D eigenvalue weighted by atomic mass is 79.9. The lowest BCUT2D eigenvalue weighted by atomic mass is 9.86. The number of carboxylic acid groups (broad SMARTS) is 1. The third-order valence-corrected chi connectivity index (χ3v) is 5.05. The van der Waals surface area contributed by atoms with E-state index in [1.807, 2.05) is 20.8 Å². The van der Waals surface area contributed by atoms with Gasteiger partial charge in [-0.2, -0.15) is 0 Å². The quantitative estimate of drug-likeness (QED) is 0.637. The summed E-state index contributed by atoms with van der Waals surface area (Å²) < 4.78 is 6.15. The molecule has 0 saturated heterocycles. The van der Waals surface area contributed by atoms with Crippen molar-refractivity contribution in [3.8, 4) is 0 Å². The number of halogens is 1. The summed E-state index contributed by atoms with van der Waals surface area (Å²) in [5.41, 5.74) is 0.572. The van der Waals surface area contributed by atoms with Crippen LogP contribution in [0.2, 0.25) is 0 Å². The van der Waals surface area contributed by atoms with Crippen LogP contribution in [0.25, 0.3) is 0 Å². The third-order valence-electron chi connectivity index (χ3n) is 4.36. The maximum atomic E-state index is 11.8. The fraction of sp³-hybridized carbons (Fsp3) is 0.579. The first-order chi connectivity index (χ1) is 12.1. The van der Waals surface area contributed by atoms with Gasteiger partial charge in [0.1, 0.15) is 5.60 Å². The van der Waals surface area contributed by atoms with Gasteiger partial charge in [0.2, 0.25) is 0 Å². The molecule has 0 aromatic heterocycles. The molecule has 1 fully saturated rings. The number of nitrogens with one attached hydrogen (secondary N) is 2. The van der Waals surface area contributed by atoms with Gasteiger partial charge in [0.15, 0.2) is 0 Å². The number of benzene rings is 1. The van der Waals surface area contributed by atoms with E-state index in [9.17, 15) is 9.59 Å². The number of carbonyl (C=O) groups excluding carboxylic acids is 1. The highest BCUT2D eigenvalue weighted by Gasteiger charge is 2.24. The number of carboxylic acids is 1. The van der Waals surface area contributed by atoms with Crippen molar-refractivity contribution in [1.82, 2.24) is 5.32 Å². The van der Waals surface area contributed by atoms with Crippen molar-refractivity contribution in [2.75, 3.05) is 11.9 Å². The number of alkyl carbamates (subject to hydrolysis) is 1. The molecule has 1 amide bonds. The zero-order chi connectivity index (χ0) is 19.3. The van der Waals surface area contributed by atoms with E-state index in [0.717, 1.165) is 42.4 Å². The van der Waals surface area contributed by atoms with E-state index in [4.69, 9.17) is 9.84 Å². The third kappa shape index (κ3) is 6.52. The average Bonchev–Trinajstić information content (AvgIpc) is 2.53. The van der Waals surface area contributed by atoms with E-state index in [0.29, 0.717) is 5.92 Å². The summed E-state index contributed by atoms with van der Waals surface area (Å²) in [5.74, 6) is -0.443. The molecule has 0 spiro atoms. The largest absolute Gasteiger partial charge is 0.478 e. The smallest absolute Gasteiger partial charge is 0.407 e. The SMILES string of the molecule is CC(C)(C)OC(=O)N[C@H]1CC[C@H](CNc2cc(C(=O)O)ccc2Br)CC1. The number of ether oxygens (including phenoxy) is 1. The van der Waals surface area contributed by atoms with Crippen LogP contribution in [-0.4, -0.2) is 35.4 Å². The van der Waals surface area contributed by atoms with Crippen molar-refractivity contribution in [2.45, 2.75) is 58.1 Å². The Balaban J connectivity index is 1.78. The van der Waals surface area contributed by atoms with Gasteiger partial charge in [-0.1, -0.05) is 0 Å². The molecule has 7 heteroatoms. The summed E-state index contributed by atoms with van der Waals surface area (Å²) in [6.45, 7) is 6.34. The first-order valence-electron chi connectivity index (χ1n) is 8.90. The lowest BCUT2D eigenvalue weighted by Crippen LogP contribution is -2.41. The number of hydrogen-bond donors (Lipinski definition) is 3. The van der Waals surface area contributed by atoms with Gasteiger partial charge in [0.25, 0.3) is 0 Å². The second-order valence-electron chi connectivity index (χ2n) is 7.74. The monoisotopic (exact) mass is 426 g/mol. The number of anilines is 1. The molecule has 1 aromatic rings. The summed E-state index contributed by atoms with van der Waals surface area (Å²) >= 11 is 3.45. The van der Waals surface area contributed by atoms with Gasteiger partial charge in [-0.25, -0.2) is 9.59 Å². The van der Waals surface area contributed by atoms with Gasteiger partial charge < -0.3 is 20.5 Å². The van der Waals surface area contributed by atoms with E-state index in [-0.39, 0.29) is 17.7 Å². The molecule has 1 aliphatic rings. The first-order valence-corrected chi connectivity index (χ1v) is 9.69. The molecular weight excluding hydrogens is 400 g/mol. The van der Waals surface area contributed by atoms with Crippen LogP contribution in [0, 0.1) is 5.92 Å². The maximum Gasteiger partial charge on any atom is 0.407 e. The molecular formula is C19H27BrN2O4. The zero-order valence-electron chi connectivity index (χ0n) is 15.5. The molecule has 0 radical (unpaired) electrons. The Morgan fingerprint density at radius 1 is 1.23 bits per heavy atom.